The molecule has 1 heteroatoms. The third-order valence-corrected chi connectivity index (χ3v) is 3.68. The maximum atomic E-state index is 11.9. The summed E-state index contributed by atoms with van der Waals surface area (Å²) in [7, 11) is 0. The molecule has 80 valence electrons. The van der Waals surface area contributed by atoms with E-state index in [1.165, 1.54) is 22.3 Å². The Morgan fingerprint density at radius 2 is 1.67 bits per heavy atom. The van der Waals surface area contributed by atoms with E-state index in [0.29, 0.717) is 12.2 Å². The Labute approximate surface area is 91.5 Å². The molecule has 0 aliphatic heterocycles. The molecular weight excluding hydrogens is 184 g/mol. The summed E-state index contributed by atoms with van der Waals surface area (Å²) in [5, 5.41) is 0. The number of carbonyl (C=O) groups is 1. The van der Waals surface area contributed by atoms with Crippen LogP contribution in [-0.4, -0.2) is 5.78 Å². The highest BCUT2D eigenvalue weighted by atomic mass is 16.1. The predicted octanol–water partition coefficient (Wildman–Crippen LogP) is 3.10. The fraction of sp³-hybridized carbons (Fsp3) is 0.500. The Balaban J connectivity index is 2.73. The van der Waals surface area contributed by atoms with Crippen molar-refractivity contribution in [2.45, 2.75) is 46.0 Å². The molecule has 0 amide bonds. The van der Waals surface area contributed by atoms with E-state index in [0.717, 1.165) is 6.42 Å². The quantitative estimate of drug-likeness (QED) is 0.632. The smallest absolute Gasteiger partial charge is 0.143 e. The van der Waals surface area contributed by atoms with Crippen molar-refractivity contribution in [1.29, 1.82) is 0 Å². The van der Waals surface area contributed by atoms with Crippen molar-refractivity contribution in [3.05, 3.63) is 34.4 Å². The largest absolute Gasteiger partial charge is 0.299 e. The number of rotatable bonds is 0. The van der Waals surface area contributed by atoms with Crippen LogP contribution in [0.2, 0.25) is 0 Å². The van der Waals surface area contributed by atoms with Crippen molar-refractivity contribution in [3.8, 4) is 0 Å². The van der Waals surface area contributed by atoms with E-state index in [1.54, 1.807) is 0 Å². The molecule has 0 bridgehead atoms. The number of Topliss-reactive ketones (excluding diaryl/α,β-unsaturated/α-hetero) is 1. The molecule has 0 unspecified atom stereocenters. The van der Waals surface area contributed by atoms with Crippen LogP contribution in [0.4, 0.5) is 0 Å². The lowest BCUT2D eigenvalue weighted by Gasteiger charge is -2.33. The zero-order valence-electron chi connectivity index (χ0n) is 9.98. The van der Waals surface area contributed by atoms with Gasteiger partial charge < -0.3 is 0 Å². The Bertz CT molecular complexity index is 427. The topological polar surface area (TPSA) is 17.1 Å². The third-order valence-electron chi connectivity index (χ3n) is 3.68. The molecule has 0 atom stereocenters. The van der Waals surface area contributed by atoms with Crippen LogP contribution in [0.3, 0.4) is 0 Å². The van der Waals surface area contributed by atoms with Crippen LogP contribution in [0.15, 0.2) is 12.1 Å². The molecule has 0 fully saturated rings. The molecule has 1 aliphatic carbocycles. The monoisotopic (exact) mass is 202 g/mol. The van der Waals surface area contributed by atoms with Crippen LogP contribution in [0.25, 0.3) is 0 Å². The first-order valence-corrected chi connectivity index (χ1v) is 5.57. The molecule has 2 rings (SSSR count). The van der Waals surface area contributed by atoms with E-state index in [1.807, 2.05) is 0 Å². The standard InChI is InChI=1S/C14H18O/c1-9-5-6-10(2)13-11(9)7-8-12(15)14(13,3)4/h5-6H,7-8H2,1-4H3. The molecule has 0 heterocycles. The number of carbonyl (C=O) groups excluding carboxylic acids is 1. The van der Waals surface area contributed by atoms with Crippen LogP contribution in [0, 0.1) is 13.8 Å². The maximum Gasteiger partial charge on any atom is 0.143 e. The minimum absolute atomic E-state index is 0.288. The van der Waals surface area contributed by atoms with E-state index >= 15 is 0 Å². The summed E-state index contributed by atoms with van der Waals surface area (Å²) < 4.78 is 0. The van der Waals surface area contributed by atoms with Gasteiger partial charge in [0.25, 0.3) is 0 Å². The third kappa shape index (κ3) is 1.41. The van der Waals surface area contributed by atoms with Crippen LogP contribution in [0.5, 0.6) is 0 Å². The number of fused-ring (bicyclic) bond motifs is 1. The SMILES string of the molecule is Cc1ccc(C)c2c1CCC(=O)C2(C)C. The first kappa shape index (κ1) is 10.4. The maximum absolute atomic E-state index is 11.9. The highest BCUT2D eigenvalue weighted by Crippen LogP contribution is 2.37. The highest BCUT2D eigenvalue weighted by Gasteiger charge is 2.36. The van der Waals surface area contributed by atoms with Gasteiger partial charge >= 0.3 is 0 Å². The molecule has 0 saturated heterocycles. The molecule has 1 nitrogen and oxygen atoms in total. The van der Waals surface area contributed by atoms with Gasteiger partial charge in [0.2, 0.25) is 0 Å². The lowest BCUT2D eigenvalue weighted by molar-refractivity contribution is -0.124. The highest BCUT2D eigenvalue weighted by molar-refractivity contribution is 5.92. The van der Waals surface area contributed by atoms with Gasteiger partial charge in [0.1, 0.15) is 5.78 Å². The number of hydrogen-bond donors (Lipinski definition) is 0. The summed E-state index contributed by atoms with van der Waals surface area (Å²) in [5.74, 6) is 0.378. The van der Waals surface area contributed by atoms with Crippen molar-refractivity contribution >= 4 is 5.78 Å². The van der Waals surface area contributed by atoms with E-state index in [9.17, 15) is 4.79 Å². The minimum Gasteiger partial charge on any atom is -0.299 e. The van der Waals surface area contributed by atoms with E-state index in [-0.39, 0.29) is 5.41 Å². The molecule has 0 spiro atoms. The van der Waals surface area contributed by atoms with Crippen LogP contribution in [0.1, 0.15) is 42.5 Å². The first-order valence-electron chi connectivity index (χ1n) is 5.57. The van der Waals surface area contributed by atoms with Crippen LogP contribution in [-0.2, 0) is 16.6 Å². The lowest BCUT2D eigenvalue weighted by Crippen LogP contribution is -2.35. The number of ketones is 1. The van der Waals surface area contributed by atoms with E-state index < -0.39 is 0 Å². The van der Waals surface area contributed by atoms with Crippen molar-refractivity contribution < 1.29 is 4.79 Å². The van der Waals surface area contributed by atoms with Gasteiger partial charge in [-0.3, -0.25) is 4.79 Å². The Kier molecular flexibility index (Phi) is 2.22. The molecule has 15 heavy (non-hydrogen) atoms. The van der Waals surface area contributed by atoms with Gasteiger partial charge in [-0.25, -0.2) is 0 Å². The summed E-state index contributed by atoms with van der Waals surface area (Å²) in [6, 6.07) is 4.30. The second kappa shape index (κ2) is 3.19. The number of hydrogen-bond acceptors (Lipinski definition) is 1. The van der Waals surface area contributed by atoms with Crippen molar-refractivity contribution in [3.63, 3.8) is 0 Å². The summed E-state index contributed by atoms with van der Waals surface area (Å²) in [6.45, 7) is 8.36. The Hall–Kier alpha value is -1.11. The fourth-order valence-electron chi connectivity index (χ4n) is 2.75. The Morgan fingerprint density at radius 1 is 1.07 bits per heavy atom. The van der Waals surface area contributed by atoms with Crippen molar-refractivity contribution in [2.24, 2.45) is 0 Å². The molecule has 1 aromatic rings. The van der Waals surface area contributed by atoms with Crippen molar-refractivity contribution in [2.75, 3.05) is 0 Å². The van der Waals surface area contributed by atoms with Gasteiger partial charge in [-0.1, -0.05) is 12.1 Å². The van der Waals surface area contributed by atoms with Crippen LogP contribution < -0.4 is 0 Å². The Morgan fingerprint density at radius 3 is 2.33 bits per heavy atom. The average Bonchev–Trinajstić information content (AvgIpc) is 2.16. The normalized spacial score (nSPS) is 18.8. The molecule has 0 radical (unpaired) electrons. The van der Waals surface area contributed by atoms with Gasteiger partial charge in [-0.05, 0) is 56.4 Å². The summed E-state index contributed by atoms with van der Waals surface area (Å²) in [4.78, 5) is 11.9. The second-order valence-electron chi connectivity index (χ2n) is 5.10. The second-order valence-corrected chi connectivity index (χ2v) is 5.10. The molecule has 1 aliphatic rings. The summed E-state index contributed by atoms with van der Waals surface area (Å²) in [6.07, 6.45) is 1.62. The lowest BCUT2D eigenvalue weighted by atomic mass is 9.69. The molecule has 1 aromatic carbocycles. The average molecular weight is 202 g/mol. The summed E-state index contributed by atoms with van der Waals surface area (Å²) >= 11 is 0. The minimum atomic E-state index is -0.288. The van der Waals surface area contributed by atoms with Gasteiger partial charge in [-0.2, -0.15) is 0 Å². The summed E-state index contributed by atoms with van der Waals surface area (Å²) in [5.41, 5.74) is 4.98. The van der Waals surface area contributed by atoms with Crippen LogP contribution >= 0.6 is 0 Å². The first-order chi connectivity index (χ1) is 6.94. The predicted molar refractivity (Wildman–Crippen MR) is 62.3 cm³/mol. The zero-order valence-corrected chi connectivity index (χ0v) is 9.98. The molecule has 0 saturated carbocycles. The van der Waals surface area contributed by atoms with Gasteiger partial charge in [0, 0.05) is 11.8 Å². The fourth-order valence-corrected chi connectivity index (χ4v) is 2.75. The molecular formula is C14H18O. The van der Waals surface area contributed by atoms with Gasteiger partial charge in [-0.15, -0.1) is 0 Å². The number of benzene rings is 1. The van der Waals surface area contributed by atoms with Gasteiger partial charge in [0.15, 0.2) is 0 Å². The van der Waals surface area contributed by atoms with E-state index in [2.05, 4.69) is 39.8 Å². The molecule has 0 N–H and O–H groups in total. The van der Waals surface area contributed by atoms with E-state index in [4.69, 9.17) is 0 Å². The van der Waals surface area contributed by atoms with Gasteiger partial charge in [0.05, 0.1) is 0 Å². The zero-order chi connectivity index (χ0) is 11.2. The number of aryl methyl sites for hydroxylation is 2. The van der Waals surface area contributed by atoms with Crippen molar-refractivity contribution in [1.82, 2.24) is 0 Å². The molecule has 0 aromatic heterocycles.